The van der Waals surface area contributed by atoms with E-state index in [0.717, 1.165) is 23.4 Å². The summed E-state index contributed by atoms with van der Waals surface area (Å²) in [5, 5.41) is 3.50. The number of aryl methyl sites for hydroxylation is 1. The summed E-state index contributed by atoms with van der Waals surface area (Å²) >= 11 is 0. The van der Waals surface area contributed by atoms with Gasteiger partial charge in [0.05, 0.1) is 12.1 Å². The Hall–Kier alpha value is -1.22. The number of methoxy groups -OCH3 is 1. The van der Waals surface area contributed by atoms with E-state index in [1.807, 2.05) is 13.0 Å². The Kier molecular flexibility index (Phi) is 3.34. The Balaban J connectivity index is 2.05. The van der Waals surface area contributed by atoms with Gasteiger partial charge in [0, 0.05) is 18.5 Å². The number of ether oxygens (including phenoxy) is 1. The van der Waals surface area contributed by atoms with Gasteiger partial charge < -0.3 is 15.8 Å². The molecule has 0 aliphatic heterocycles. The first-order valence-corrected chi connectivity index (χ1v) is 5.86. The summed E-state index contributed by atoms with van der Waals surface area (Å²) < 4.78 is 5.46. The Labute approximate surface area is 97.0 Å². The topological polar surface area (TPSA) is 47.3 Å². The van der Waals surface area contributed by atoms with E-state index in [4.69, 9.17) is 10.5 Å². The smallest absolute Gasteiger partial charge is 0.0772 e. The molecule has 2 atom stereocenters. The zero-order chi connectivity index (χ0) is 11.5. The van der Waals surface area contributed by atoms with E-state index < -0.39 is 0 Å². The van der Waals surface area contributed by atoms with Gasteiger partial charge in [-0.15, -0.1) is 0 Å². The summed E-state index contributed by atoms with van der Waals surface area (Å²) in [6.07, 6.45) is 3.89. The standard InChI is InChI=1S/C13H20N2O/c1-9-6-7-10(8-11(9)14)15-12-4-3-5-13(12)16-2/h6-8,12-13,15H,3-5,14H2,1-2H3. The van der Waals surface area contributed by atoms with E-state index >= 15 is 0 Å². The van der Waals surface area contributed by atoms with Crippen molar-refractivity contribution in [2.75, 3.05) is 18.2 Å². The minimum Gasteiger partial charge on any atom is -0.398 e. The van der Waals surface area contributed by atoms with Crippen molar-refractivity contribution < 1.29 is 4.74 Å². The maximum atomic E-state index is 5.89. The van der Waals surface area contributed by atoms with Crippen molar-refractivity contribution in [2.24, 2.45) is 0 Å². The summed E-state index contributed by atoms with van der Waals surface area (Å²) in [5.74, 6) is 0. The predicted octanol–water partition coefficient (Wildman–Crippen LogP) is 2.56. The lowest BCUT2D eigenvalue weighted by atomic mass is 10.1. The molecule has 0 radical (unpaired) electrons. The zero-order valence-electron chi connectivity index (χ0n) is 9.99. The van der Waals surface area contributed by atoms with Crippen molar-refractivity contribution in [1.29, 1.82) is 0 Å². The number of nitrogen functional groups attached to an aromatic ring is 1. The highest BCUT2D eigenvalue weighted by molar-refractivity contribution is 5.58. The molecule has 3 heteroatoms. The van der Waals surface area contributed by atoms with E-state index in [1.54, 1.807) is 7.11 Å². The number of nitrogens with two attached hydrogens (primary N) is 1. The van der Waals surface area contributed by atoms with Crippen LogP contribution < -0.4 is 11.1 Å². The zero-order valence-corrected chi connectivity index (χ0v) is 9.99. The Morgan fingerprint density at radius 1 is 1.38 bits per heavy atom. The van der Waals surface area contributed by atoms with E-state index in [9.17, 15) is 0 Å². The van der Waals surface area contributed by atoms with E-state index in [2.05, 4.69) is 17.4 Å². The molecule has 2 unspecified atom stereocenters. The van der Waals surface area contributed by atoms with Crippen molar-refractivity contribution in [1.82, 2.24) is 0 Å². The molecule has 0 spiro atoms. The fraction of sp³-hybridized carbons (Fsp3) is 0.538. The largest absolute Gasteiger partial charge is 0.398 e. The molecule has 3 N–H and O–H groups in total. The number of hydrogen-bond acceptors (Lipinski definition) is 3. The Morgan fingerprint density at radius 3 is 2.88 bits per heavy atom. The van der Waals surface area contributed by atoms with Gasteiger partial charge >= 0.3 is 0 Å². The molecule has 1 fully saturated rings. The molecule has 2 rings (SSSR count). The van der Waals surface area contributed by atoms with Crippen LogP contribution in [0, 0.1) is 6.92 Å². The molecule has 0 aromatic heterocycles. The number of nitrogens with one attached hydrogen (secondary N) is 1. The fourth-order valence-corrected chi connectivity index (χ4v) is 2.32. The van der Waals surface area contributed by atoms with Gasteiger partial charge in [0.15, 0.2) is 0 Å². The molecule has 1 aliphatic rings. The highest BCUT2D eigenvalue weighted by Gasteiger charge is 2.26. The third-order valence-electron chi connectivity index (χ3n) is 3.39. The van der Waals surface area contributed by atoms with Crippen LogP contribution >= 0.6 is 0 Å². The first kappa shape index (κ1) is 11.3. The predicted molar refractivity (Wildman–Crippen MR) is 67.7 cm³/mol. The minimum absolute atomic E-state index is 0.336. The second-order valence-corrected chi connectivity index (χ2v) is 4.53. The van der Waals surface area contributed by atoms with Crippen LogP contribution in [-0.4, -0.2) is 19.3 Å². The maximum absolute atomic E-state index is 5.89. The van der Waals surface area contributed by atoms with Crippen molar-refractivity contribution in [2.45, 2.75) is 38.3 Å². The molecule has 88 valence electrons. The van der Waals surface area contributed by atoms with Gasteiger partial charge in [-0.2, -0.15) is 0 Å². The van der Waals surface area contributed by atoms with Crippen LogP contribution in [0.2, 0.25) is 0 Å². The van der Waals surface area contributed by atoms with Gasteiger partial charge in [-0.25, -0.2) is 0 Å². The molecule has 1 aromatic rings. The second kappa shape index (κ2) is 4.74. The van der Waals surface area contributed by atoms with Crippen molar-refractivity contribution in [3.63, 3.8) is 0 Å². The summed E-state index contributed by atoms with van der Waals surface area (Å²) in [6, 6.07) is 6.55. The third kappa shape index (κ3) is 2.30. The lowest BCUT2D eigenvalue weighted by molar-refractivity contribution is 0.101. The molecule has 1 aliphatic carbocycles. The Bertz CT molecular complexity index is 365. The summed E-state index contributed by atoms with van der Waals surface area (Å²) in [6.45, 7) is 2.02. The quantitative estimate of drug-likeness (QED) is 0.770. The summed E-state index contributed by atoms with van der Waals surface area (Å²) in [5.41, 5.74) is 8.95. The van der Waals surface area contributed by atoms with Crippen LogP contribution in [0.3, 0.4) is 0 Å². The second-order valence-electron chi connectivity index (χ2n) is 4.53. The third-order valence-corrected chi connectivity index (χ3v) is 3.39. The van der Waals surface area contributed by atoms with Gasteiger partial charge in [-0.05, 0) is 43.9 Å². The number of hydrogen-bond donors (Lipinski definition) is 2. The number of rotatable bonds is 3. The molecule has 0 saturated heterocycles. The highest BCUT2D eigenvalue weighted by atomic mass is 16.5. The van der Waals surface area contributed by atoms with E-state index in [-0.39, 0.29) is 0 Å². The average Bonchev–Trinajstić information content (AvgIpc) is 2.71. The molecule has 3 nitrogen and oxygen atoms in total. The monoisotopic (exact) mass is 220 g/mol. The minimum atomic E-state index is 0.336. The number of anilines is 2. The van der Waals surface area contributed by atoms with Crippen molar-refractivity contribution in [3.05, 3.63) is 23.8 Å². The first-order valence-electron chi connectivity index (χ1n) is 5.86. The van der Waals surface area contributed by atoms with Gasteiger partial charge in [0.25, 0.3) is 0 Å². The Morgan fingerprint density at radius 2 is 2.19 bits per heavy atom. The van der Waals surface area contributed by atoms with Gasteiger partial charge in [0.2, 0.25) is 0 Å². The molecule has 0 heterocycles. The lowest BCUT2D eigenvalue weighted by Gasteiger charge is -2.21. The lowest BCUT2D eigenvalue weighted by Crippen LogP contribution is -2.29. The van der Waals surface area contributed by atoms with Crippen LogP contribution in [-0.2, 0) is 4.74 Å². The highest BCUT2D eigenvalue weighted by Crippen LogP contribution is 2.26. The maximum Gasteiger partial charge on any atom is 0.0772 e. The van der Waals surface area contributed by atoms with Gasteiger partial charge in [-0.1, -0.05) is 6.07 Å². The molecule has 0 bridgehead atoms. The van der Waals surface area contributed by atoms with Crippen LogP contribution in [0.4, 0.5) is 11.4 Å². The van der Waals surface area contributed by atoms with Crippen LogP contribution in [0.25, 0.3) is 0 Å². The van der Waals surface area contributed by atoms with Gasteiger partial charge in [-0.3, -0.25) is 0 Å². The molecule has 16 heavy (non-hydrogen) atoms. The molecule has 0 amide bonds. The van der Waals surface area contributed by atoms with Crippen molar-refractivity contribution in [3.8, 4) is 0 Å². The SMILES string of the molecule is COC1CCCC1Nc1ccc(C)c(N)c1. The molecule has 1 saturated carbocycles. The molecule has 1 aromatic carbocycles. The van der Waals surface area contributed by atoms with Gasteiger partial charge in [0.1, 0.15) is 0 Å². The van der Waals surface area contributed by atoms with Crippen LogP contribution in [0.5, 0.6) is 0 Å². The average molecular weight is 220 g/mol. The molecular weight excluding hydrogens is 200 g/mol. The van der Waals surface area contributed by atoms with E-state index in [1.165, 1.54) is 12.8 Å². The normalized spacial score (nSPS) is 24.6. The summed E-state index contributed by atoms with van der Waals surface area (Å²) in [7, 11) is 1.79. The fourth-order valence-electron chi connectivity index (χ4n) is 2.32. The van der Waals surface area contributed by atoms with Crippen molar-refractivity contribution >= 4 is 11.4 Å². The van der Waals surface area contributed by atoms with Crippen LogP contribution in [0.15, 0.2) is 18.2 Å². The van der Waals surface area contributed by atoms with E-state index in [0.29, 0.717) is 12.1 Å². The summed E-state index contributed by atoms with van der Waals surface area (Å²) in [4.78, 5) is 0. The number of benzene rings is 1. The molecular formula is C13H20N2O. The van der Waals surface area contributed by atoms with Crippen LogP contribution in [0.1, 0.15) is 24.8 Å². The first-order chi connectivity index (χ1) is 7.70.